The molecule has 0 spiro atoms. The maximum absolute atomic E-state index is 13.0. The Morgan fingerprint density at radius 3 is 1.26 bits per heavy atom. The molecule has 0 saturated carbocycles. The Kier molecular flexibility index (Phi) is 51.9. The van der Waals surface area contributed by atoms with Crippen LogP contribution in [0, 0.1) is 0 Å². The third-order valence-corrected chi connectivity index (χ3v) is 13.7. The number of quaternary nitrogens is 1. The second-order valence-electron chi connectivity index (χ2n) is 21.0. The van der Waals surface area contributed by atoms with E-state index in [0.717, 1.165) is 96.3 Å². The highest BCUT2D eigenvalue weighted by Crippen LogP contribution is 2.43. The number of amides is 1. The van der Waals surface area contributed by atoms with Crippen molar-refractivity contribution in [2.24, 2.45) is 0 Å². The minimum atomic E-state index is -4.37. The zero-order valence-corrected chi connectivity index (χ0v) is 48.7. The second kappa shape index (κ2) is 54.0. The third-order valence-electron chi connectivity index (χ3n) is 12.7. The first-order valence-corrected chi connectivity index (χ1v) is 31.3. The Balaban J connectivity index is 4.30. The van der Waals surface area contributed by atoms with E-state index in [1.807, 2.05) is 27.2 Å². The summed E-state index contributed by atoms with van der Waals surface area (Å²) in [5.74, 6) is -0.201. The number of phosphoric acid groups is 1. The van der Waals surface area contributed by atoms with Gasteiger partial charge in [0.05, 0.1) is 39.9 Å². The van der Waals surface area contributed by atoms with Crippen LogP contribution in [0.25, 0.3) is 0 Å². The number of rotatable bonds is 53. The monoisotopic (exact) mass is 1040 g/mol. The lowest BCUT2D eigenvalue weighted by Crippen LogP contribution is -2.45. The maximum Gasteiger partial charge on any atom is 0.472 e. The molecule has 0 aliphatic carbocycles. The average molecular weight is 1040 g/mol. The lowest BCUT2D eigenvalue weighted by atomic mass is 10.0. The summed E-state index contributed by atoms with van der Waals surface area (Å²) in [5.41, 5.74) is 0. The van der Waals surface area contributed by atoms with Gasteiger partial charge in [-0.1, -0.05) is 252 Å². The fraction of sp³-hybridized carbons (Fsp3) is 0.703. The largest absolute Gasteiger partial charge is 0.472 e. The molecule has 8 nitrogen and oxygen atoms in total. The molecule has 3 N–H and O–H groups in total. The number of phosphoric ester groups is 1. The van der Waals surface area contributed by atoms with Gasteiger partial charge < -0.3 is 19.8 Å². The number of carbonyl (C=O) groups is 1. The second-order valence-corrected chi connectivity index (χ2v) is 22.4. The predicted molar refractivity (Wildman–Crippen MR) is 318 cm³/mol. The van der Waals surface area contributed by atoms with Crippen molar-refractivity contribution >= 4 is 13.7 Å². The van der Waals surface area contributed by atoms with Gasteiger partial charge in [0.1, 0.15) is 13.2 Å². The van der Waals surface area contributed by atoms with Gasteiger partial charge in [0.25, 0.3) is 0 Å². The van der Waals surface area contributed by atoms with Crippen LogP contribution in [0.1, 0.15) is 239 Å². The number of allylic oxidation sites excluding steroid dienone is 17. The SMILES string of the molecule is CC/C=C\C/C=C\C/C=C\C/C=C\C/C=C\C/C=C\C/C=C\CCCCCCCCCC(=O)NC(COP(=O)(O)OCC[N+](C)(C)C)C(O)/C=C/CC/C=C/CCCCCCCCCCCCCCCCCC. The minimum Gasteiger partial charge on any atom is -0.387 e. The number of nitrogens with zero attached hydrogens (tertiary/aromatic N) is 1. The number of nitrogens with one attached hydrogen (secondary N) is 1. The summed E-state index contributed by atoms with van der Waals surface area (Å²) in [7, 11) is 1.53. The molecular weight excluding hydrogens is 924 g/mol. The smallest absolute Gasteiger partial charge is 0.387 e. The quantitative estimate of drug-likeness (QED) is 0.0243. The van der Waals surface area contributed by atoms with E-state index in [0.29, 0.717) is 17.4 Å². The molecule has 1 amide bonds. The average Bonchev–Trinajstić information content (AvgIpc) is 3.35. The van der Waals surface area contributed by atoms with E-state index in [9.17, 15) is 19.4 Å². The van der Waals surface area contributed by atoms with Crippen LogP contribution in [-0.4, -0.2) is 73.4 Å². The lowest BCUT2D eigenvalue weighted by Gasteiger charge is -2.25. The Hall–Kier alpha value is -2.84. The number of carbonyl (C=O) groups excluding carboxylic acids is 1. The van der Waals surface area contributed by atoms with E-state index in [2.05, 4.69) is 116 Å². The van der Waals surface area contributed by atoms with Crippen LogP contribution < -0.4 is 5.32 Å². The molecule has 0 aromatic rings. The van der Waals surface area contributed by atoms with Gasteiger partial charge in [0, 0.05) is 6.42 Å². The molecule has 73 heavy (non-hydrogen) atoms. The van der Waals surface area contributed by atoms with Crippen LogP contribution in [0.3, 0.4) is 0 Å². The van der Waals surface area contributed by atoms with Crippen molar-refractivity contribution in [2.75, 3.05) is 40.9 Å². The predicted octanol–water partition coefficient (Wildman–Crippen LogP) is 18.4. The Morgan fingerprint density at radius 2 is 0.836 bits per heavy atom. The minimum absolute atomic E-state index is 0.0481. The Labute approximate surface area is 451 Å². The van der Waals surface area contributed by atoms with Gasteiger partial charge in [0.15, 0.2) is 0 Å². The van der Waals surface area contributed by atoms with Crippen LogP contribution in [-0.2, 0) is 18.4 Å². The number of aliphatic hydroxyl groups is 1. The highest BCUT2D eigenvalue weighted by atomic mass is 31.2. The standard InChI is InChI=1S/C64H113N2O6P/c1-6-8-10-12-14-16-18-20-22-24-26-28-30-31-32-33-34-35-36-38-40-42-44-46-48-50-52-54-56-58-64(68)65-62(61-72-73(69,70)71-60-59-66(3,4)5)63(67)57-55-53-51-49-47-45-43-41-39-37-29-27-25-23-21-19-17-15-13-11-9-7-2/h8,10,14,16,20,22,26,28,31-32,34-35,38,40,47,49,55,57,62-63,67H,6-7,9,11-13,15,17-19,21,23-25,27,29-30,33,36-37,39,41-46,48,50-54,56,58-61H2,1-5H3,(H-,65,68,69,70)/p+1/b10-8-,16-14-,22-20-,28-26-,32-31-,35-34-,40-38-,49-47+,57-55+. The van der Waals surface area contributed by atoms with Crippen molar-refractivity contribution in [2.45, 2.75) is 251 Å². The molecule has 0 rings (SSSR count). The molecule has 3 atom stereocenters. The summed E-state index contributed by atoms with van der Waals surface area (Å²) in [6.07, 6.45) is 79.1. The van der Waals surface area contributed by atoms with E-state index in [-0.39, 0.29) is 19.1 Å². The molecule has 0 aromatic heterocycles. The molecule has 0 aliphatic heterocycles. The van der Waals surface area contributed by atoms with Crippen LogP contribution in [0.15, 0.2) is 109 Å². The van der Waals surface area contributed by atoms with Crippen molar-refractivity contribution in [3.8, 4) is 0 Å². The summed E-state index contributed by atoms with van der Waals surface area (Å²) in [6, 6.07) is -0.878. The van der Waals surface area contributed by atoms with E-state index >= 15 is 0 Å². The Morgan fingerprint density at radius 1 is 0.479 bits per heavy atom. The van der Waals surface area contributed by atoms with E-state index in [4.69, 9.17) is 9.05 Å². The first-order valence-electron chi connectivity index (χ1n) is 29.8. The number of hydrogen-bond acceptors (Lipinski definition) is 5. The number of aliphatic hydroxyl groups excluding tert-OH is 1. The molecule has 9 heteroatoms. The van der Waals surface area contributed by atoms with E-state index < -0.39 is 20.0 Å². The first-order chi connectivity index (χ1) is 35.5. The van der Waals surface area contributed by atoms with Gasteiger partial charge in [-0.2, -0.15) is 0 Å². The highest BCUT2D eigenvalue weighted by molar-refractivity contribution is 7.47. The summed E-state index contributed by atoms with van der Waals surface area (Å²) in [4.78, 5) is 23.3. The number of hydrogen-bond donors (Lipinski definition) is 3. The number of unbranched alkanes of at least 4 members (excludes halogenated alkanes) is 24. The fourth-order valence-electron chi connectivity index (χ4n) is 8.10. The van der Waals surface area contributed by atoms with Gasteiger partial charge >= 0.3 is 7.82 Å². The molecule has 3 unspecified atom stereocenters. The van der Waals surface area contributed by atoms with E-state index in [1.54, 1.807) is 6.08 Å². The van der Waals surface area contributed by atoms with Gasteiger partial charge in [-0.25, -0.2) is 4.57 Å². The lowest BCUT2D eigenvalue weighted by molar-refractivity contribution is -0.870. The summed E-state index contributed by atoms with van der Waals surface area (Å²) >= 11 is 0. The molecule has 0 saturated heterocycles. The molecule has 0 bridgehead atoms. The Bertz CT molecular complexity index is 1550. The van der Waals surface area contributed by atoms with Gasteiger partial charge in [0.2, 0.25) is 5.91 Å². The van der Waals surface area contributed by atoms with Crippen LogP contribution in [0.2, 0.25) is 0 Å². The van der Waals surface area contributed by atoms with Crippen molar-refractivity contribution < 1.29 is 32.9 Å². The normalized spacial score (nSPS) is 14.7. The first kappa shape index (κ1) is 70.2. The van der Waals surface area contributed by atoms with Crippen molar-refractivity contribution in [1.29, 1.82) is 0 Å². The summed E-state index contributed by atoms with van der Waals surface area (Å²) in [5, 5.41) is 13.9. The molecular formula is C64H114N2O6P+. The van der Waals surface area contributed by atoms with Gasteiger partial charge in [-0.15, -0.1) is 0 Å². The summed E-state index contributed by atoms with van der Waals surface area (Å²) < 4.78 is 23.7. The van der Waals surface area contributed by atoms with Crippen LogP contribution >= 0.6 is 7.82 Å². The van der Waals surface area contributed by atoms with Crippen molar-refractivity contribution in [3.63, 3.8) is 0 Å². The number of likely N-dealkylation sites (N-methyl/N-ethyl adjacent to an activating group) is 1. The third kappa shape index (κ3) is 56.7. The summed E-state index contributed by atoms with van der Waals surface area (Å²) in [6.45, 7) is 4.68. The highest BCUT2D eigenvalue weighted by Gasteiger charge is 2.27. The topological polar surface area (TPSA) is 105 Å². The molecule has 0 radical (unpaired) electrons. The molecule has 420 valence electrons. The zero-order valence-electron chi connectivity index (χ0n) is 47.8. The fourth-order valence-corrected chi connectivity index (χ4v) is 8.83. The molecule has 0 heterocycles. The zero-order chi connectivity index (χ0) is 53.5. The van der Waals surface area contributed by atoms with E-state index in [1.165, 1.54) is 122 Å². The van der Waals surface area contributed by atoms with Crippen LogP contribution in [0.4, 0.5) is 0 Å². The van der Waals surface area contributed by atoms with Crippen molar-refractivity contribution in [3.05, 3.63) is 109 Å². The van der Waals surface area contributed by atoms with Crippen molar-refractivity contribution in [1.82, 2.24) is 5.32 Å². The molecule has 0 fully saturated rings. The maximum atomic E-state index is 13.0. The van der Waals surface area contributed by atoms with Gasteiger partial charge in [-0.05, 0) is 89.9 Å². The molecule has 0 aliphatic rings. The van der Waals surface area contributed by atoms with Gasteiger partial charge in [-0.3, -0.25) is 13.8 Å². The van der Waals surface area contributed by atoms with Crippen LogP contribution in [0.5, 0.6) is 0 Å². The molecule has 0 aromatic carbocycles.